The van der Waals surface area contributed by atoms with Crippen LogP contribution < -0.4 is 4.90 Å². The average Bonchev–Trinajstić information content (AvgIpc) is 2.90. The van der Waals surface area contributed by atoms with E-state index in [9.17, 15) is 13.2 Å². The second-order valence-electron chi connectivity index (χ2n) is 5.44. The van der Waals surface area contributed by atoms with Crippen LogP contribution in [0.4, 0.5) is 19.0 Å². The van der Waals surface area contributed by atoms with Crippen molar-refractivity contribution in [2.24, 2.45) is 0 Å². The molecule has 9 heteroatoms. The van der Waals surface area contributed by atoms with E-state index in [4.69, 9.17) is 0 Å². The highest BCUT2D eigenvalue weighted by Gasteiger charge is 2.39. The lowest BCUT2D eigenvalue weighted by atomic mass is 10.2. The van der Waals surface area contributed by atoms with Crippen LogP contribution in [0.1, 0.15) is 37.2 Å². The maximum Gasteiger partial charge on any atom is 0.451 e. The largest absolute Gasteiger partial charge is 0.451 e. The predicted molar refractivity (Wildman–Crippen MR) is 72.2 cm³/mol. The molecule has 0 saturated heterocycles. The fourth-order valence-electron chi connectivity index (χ4n) is 2.38. The summed E-state index contributed by atoms with van der Waals surface area (Å²) in [5, 5.41) is 6.94. The molecule has 3 rings (SSSR count). The van der Waals surface area contributed by atoms with Crippen LogP contribution in [0.5, 0.6) is 0 Å². The fourth-order valence-corrected chi connectivity index (χ4v) is 2.38. The SMILES string of the molecule is CC(C)c1nccc(N2CCn3c(nnc3C(F)(F)F)C2)n1. The van der Waals surface area contributed by atoms with Gasteiger partial charge in [-0.25, -0.2) is 9.97 Å². The Morgan fingerprint density at radius 3 is 2.64 bits per heavy atom. The van der Waals surface area contributed by atoms with Crippen LogP contribution in [0.15, 0.2) is 12.3 Å². The molecule has 1 aliphatic heterocycles. The van der Waals surface area contributed by atoms with Crippen molar-refractivity contribution < 1.29 is 13.2 Å². The molecule has 2 aromatic heterocycles. The van der Waals surface area contributed by atoms with Crippen LogP contribution in [0.25, 0.3) is 0 Å². The maximum absolute atomic E-state index is 12.8. The Labute approximate surface area is 125 Å². The zero-order valence-electron chi connectivity index (χ0n) is 12.2. The van der Waals surface area contributed by atoms with Gasteiger partial charge in [-0.2, -0.15) is 13.2 Å². The smallest absolute Gasteiger partial charge is 0.347 e. The second-order valence-corrected chi connectivity index (χ2v) is 5.44. The number of fused-ring (bicyclic) bond motifs is 1. The van der Waals surface area contributed by atoms with Crippen molar-refractivity contribution in [3.63, 3.8) is 0 Å². The third kappa shape index (κ3) is 2.62. The Hall–Kier alpha value is -2.19. The molecule has 0 radical (unpaired) electrons. The Morgan fingerprint density at radius 2 is 1.95 bits per heavy atom. The predicted octanol–water partition coefficient (Wildman–Crippen LogP) is 2.23. The van der Waals surface area contributed by atoms with Crippen LogP contribution >= 0.6 is 0 Å². The van der Waals surface area contributed by atoms with Gasteiger partial charge in [0.25, 0.3) is 0 Å². The van der Waals surface area contributed by atoms with Gasteiger partial charge in [0.15, 0.2) is 5.82 Å². The molecule has 0 bridgehead atoms. The minimum atomic E-state index is -4.48. The number of hydrogen-bond donors (Lipinski definition) is 0. The number of halogens is 3. The summed E-state index contributed by atoms with van der Waals surface area (Å²) in [4.78, 5) is 10.5. The Morgan fingerprint density at radius 1 is 1.18 bits per heavy atom. The van der Waals surface area contributed by atoms with Gasteiger partial charge in [-0.1, -0.05) is 13.8 Å². The molecule has 0 aliphatic carbocycles. The van der Waals surface area contributed by atoms with E-state index in [-0.39, 0.29) is 19.0 Å². The van der Waals surface area contributed by atoms with Gasteiger partial charge >= 0.3 is 6.18 Å². The van der Waals surface area contributed by atoms with Crippen LogP contribution in [-0.2, 0) is 19.3 Å². The minimum absolute atomic E-state index is 0.179. The van der Waals surface area contributed by atoms with Crippen LogP contribution in [0.2, 0.25) is 0 Å². The molecule has 118 valence electrons. The number of aromatic nitrogens is 5. The third-order valence-electron chi connectivity index (χ3n) is 3.51. The molecule has 0 amide bonds. The fraction of sp³-hybridized carbons (Fsp3) is 0.538. The first kappa shape index (κ1) is 14.7. The van der Waals surface area contributed by atoms with Gasteiger partial charge in [0.2, 0.25) is 5.82 Å². The van der Waals surface area contributed by atoms with Crippen molar-refractivity contribution in [2.75, 3.05) is 11.4 Å². The van der Waals surface area contributed by atoms with Crippen molar-refractivity contribution in [3.8, 4) is 0 Å². The summed E-state index contributed by atoms with van der Waals surface area (Å²) in [6.45, 7) is 4.82. The maximum atomic E-state index is 12.8. The normalized spacial score (nSPS) is 15.3. The molecule has 0 aromatic carbocycles. The summed E-state index contributed by atoms with van der Waals surface area (Å²) in [5.74, 6) is 0.947. The van der Waals surface area contributed by atoms with Gasteiger partial charge in [0, 0.05) is 25.2 Å². The Bertz CT molecular complexity index is 679. The van der Waals surface area contributed by atoms with E-state index >= 15 is 0 Å². The molecule has 0 fully saturated rings. The van der Waals surface area contributed by atoms with Gasteiger partial charge in [0.1, 0.15) is 11.6 Å². The Balaban J connectivity index is 1.86. The molecule has 0 atom stereocenters. The molecule has 0 unspecified atom stereocenters. The van der Waals surface area contributed by atoms with E-state index in [1.807, 2.05) is 18.7 Å². The van der Waals surface area contributed by atoms with E-state index in [0.717, 1.165) is 4.57 Å². The highest BCUT2D eigenvalue weighted by Crippen LogP contribution is 2.30. The zero-order valence-corrected chi connectivity index (χ0v) is 12.2. The second kappa shape index (κ2) is 5.22. The molecule has 1 aliphatic rings. The Kier molecular flexibility index (Phi) is 3.50. The van der Waals surface area contributed by atoms with Crippen molar-refractivity contribution in [1.29, 1.82) is 0 Å². The van der Waals surface area contributed by atoms with Crippen LogP contribution in [0, 0.1) is 0 Å². The number of rotatable bonds is 2. The summed E-state index contributed by atoms with van der Waals surface area (Å²) in [6.07, 6.45) is -2.81. The summed E-state index contributed by atoms with van der Waals surface area (Å²) in [7, 11) is 0. The van der Waals surface area contributed by atoms with Crippen molar-refractivity contribution in [3.05, 3.63) is 29.7 Å². The molecule has 0 saturated carbocycles. The van der Waals surface area contributed by atoms with Crippen LogP contribution in [0.3, 0.4) is 0 Å². The zero-order chi connectivity index (χ0) is 15.9. The van der Waals surface area contributed by atoms with E-state index in [2.05, 4.69) is 20.2 Å². The number of alkyl halides is 3. The highest BCUT2D eigenvalue weighted by molar-refractivity contribution is 5.38. The topological polar surface area (TPSA) is 59.7 Å². The van der Waals surface area contributed by atoms with Crippen molar-refractivity contribution >= 4 is 5.82 Å². The average molecular weight is 312 g/mol. The van der Waals surface area contributed by atoms with Crippen LogP contribution in [-0.4, -0.2) is 31.3 Å². The number of anilines is 1. The molecule has 6 nitrogen and oxygen atoms in total. The quantitative estimate of drug-likeness (QED) is 0.851. The van der Waals surface area contributed by atoms with Gasteiger partial charge in [0.05, 0.1) is 6.54 Å². The van der Waals surface area contributed by atoms with Gasteiger partial charge in [-0.15, -0.1) is 10.2 Å². The van der Waals surface area contributed by atoms with E-state index in [1.54, 1.807) is 12.3 Å². The molecular weight excluding hydrogens is 297 g/mol. The minimum Gasteiger partial charge on any atom is -0.347 e. The first-order valence-electron chi connectivity index (χ1n) is 6.93. The number of hydrogen-bond acceptors (Lipinski definition) is 5. The lowest BCUT2D eigenvalue weighted by molar-refractivity contribution is -0.147. The lowest BCUT2D eigenvalue weighted by Crippen LogP contribution is -2.36. The highest BCUT2D eigenvalue weighted by atomic mass is 19.4. The first-order chi connectivity index (χ1) is 10.4. The monoisotopic (exact) mass is 312 g/mol. The number of nitrogens with zero attached hydrogens (tertiary/aromatic N) is 6. The molecule has 3 heterocycles. The summed E-state index contributed by atoms with van der Waals surface area (Å²) >= 11 is 0. The molecule has 0 spiro atoms. The third-order valence-corrected chi connectivity index (χ3v) is 3.51. The molecule has 2 aromatic rings. The summed E-state index contributed by atoms with van der Waals surface area (Å²) in [6, 6.07) is 1.75. The lowest BCUT2D eigenvalue weighted by Gasteiger charge is -2.29. The first-order valence-corrected chi connectivity index (χ1v) is 6.93. The summed E-state index contributed by atoms with van der Waals surface area (Å²) < 4.78 is 39.6. The van der Waals surface area contributed by atoms with Crippen molar-refractivity contribution in [1.82, 2.24) is 24.7 Å². The van der Waals surface area contributed by atoms with Gasteiger partial charge in [-0.3, -0.25) is 0 Å². The standard InChI is InChI=1S/C13H15F3N6/c1-8(2)11-17-4-3-9(18-11)21-5-6-22-10(7-21)19-20-12(22)13(14,15)16/h3-4,8H,5-7H2,1-2H3. The molecular formula is C13H15F3N6. The van der Waals surface area contributed by atoms with E-state index in [0.29, 0.717) is 24.0 Å². The summed E-state index contributed by atoms with van der Waals surface area (Å²) in [5.41, 5.74) is 0. The molecule has 22 heavy (non-hydrogen) atoms. The van der Waals surface area contributed by atoms with E-state index < -0.39 is 12.0 Å². The van der Waals surface area contributed by atoms with E-state index in [1.165, 1.54) is 0 Å². The van der Waals surface area contributed by atoms with Crippen molar-refractivity contribution in [2.45, 2.75) is 39.0 Å². The molecule has 0 N–H and O–H groups in total. The van der Waals surface area contributed by atoms with Gasteiger partial charge < -0.3 is 9.47 Å². The van der Waals surface area contributed by atoms with Gasteiger partial charge in [-0.05, 0) is 6.07 Å².